The summed E-state index contributed by atoms with van der Waals surface area (Å²) < 4.78 is 23.1. The zero-order valence-corrected chi connectivity index (χ0v) is 17.1. The van der Waals surface area contributed by atoms with Crippen LogP contribution in [-0.2, 0) is 4.57 Å². The summed E-state index contributed by atoms with van der Waals surface area (Å²) in [6.07, 6.45) is 0. The molecule has 2 aliphatic rings. The lowest BCUT2D eigenvalue weighted by atomic mass is 10.0. The minimum Gasteiger partial charge on any atom is -0.425 e. The maximum absolute atomic E-state index is 14.8. The van der Waals surface area contributed by atoms with Gasteiger partial charge in [-0.05, 0) is 36.4 Å². The largest absolute Gasteiger partial charge is 0.425 e. The Labute approximate surface area is 173 Å². The quantitative estimate of drug-likeness (QED) is 0.319. The first-order chi connectivity index (χ1) is 14.3. The molecular formula is C24H16NO2PS. The number of nitrogens with zero attached hydrogens (tertiary/aromatic N) is 1. The minimum atomic E-state index is -3.46. The fourth-order valence-corrected chi connectivity index (χ4v) is 7.72. The molecule has 0 saturated carbocycles. The molecule has 1 unspecified atom stereocenters. The number of fused-ring (bicyclic) bond motifs is 5. The molecule has 3 nitrogen and oxygen atoms in total. The van der Waals surface area contributed by atoms with Crippen molar-refractivity contribution in [3.63, 3.8) is 0 Å². The van der Waals surface area contributed by atoms with Gasteiger partial charge >= 0.3 is 7.52 Å². The second kappa shape index (κ2) is 6.28. The molecule has 0 N–H and O–H groups in total. The number of anilines is 2. The molecule has 0 spiro atoms. The van der Waals surface area contributed by atoms with Crippen LogP contribution in [0.2, 0.25) is 0 Å². The van der Waals surface area contributed by atoms with Gasteiger partial charge in [0.1, 0.15) is 5.75 Å². The van der Waals surface area contributed by atoms with Gasteiger partial charge in [0.2, 0.25) is 0 Å². The van der Waals surface area contributed by atoms with E-state index in [1.165, 1.54) is 0 Å². The molecule has 0 aliphatic carbocycles. The third-order valence-electron chi connectivity index (χ3n) is 5.28. The van der Waals surface area contributed by atoms with Crippen LogP contribution in [0.4, 0.5) is 11.4 Å². The Balaban J connectivity index is 1.67. The van der Waals surface area contributed by atoms with Crippen LogP contribution in [0.1, 0.15) is 0 Å². The van der Waals surface area contributed by atoms with Crippen LogP contribution in [0.15, 0.2) is 107 Å². The van der Waals surface area contributed by atoms with Gasteiger partial charge in [0.15, 0.2) is 0 Å². The molecule has 2 heterocycles. The van der Waals surface area contributed by atoms with Gasteiger partial charge in [-0.1, -0.05) is 72.4 Å². The second-order valence-corrected chi connectivity index (χ2v) is 10.2. The first kappa shape index (κ1) is 17.0. The Morgan fingerprint density at radius 1 is 0.655 bits per heavy atom. The molecule has 2 aliphatic heterocycles. The maximum Gasteiger partial charge on any atom is 0.379 e. The molecular weight excluding hydrogens is 397 g/mol. The molecule has 6 rings (SSSR count). The normalized spacial score (nSPS) is 18.7. The fraction of sp³-hybridized carbons (Fsp3) is 0. The van der Waals surface area contributed by atoms with E-state index >= 15 is 0 Å². The lowest BCUT2D eigenvalue weighted by Crippen LogP contribution is -2.30. The molecule has 0 amide bonds. The van der Waals surface area contributed by atoms with Gasteiger partial charge in [-0.3, -0.25) is 4.67 Å². The summed E-state index contributed by atoms with van der Waals surface area (Å²) in [6.45, 7) is 0. The molecule has 4 aromatic rings. The first-order valence-electron chi connectivity index (χ1n) is 9.41. The number of hydrogen-bond donors (Lipinski definition) is 0. The van der Waals surface area contributed by atoms with Crippen LogP contribution in [0.25, 0.3) is 11.1 Å². The lowest BCUT2D eigenvalue weighted by Gasteiger charge is -2.40. The van der Waals surface area contributed by atoms with Crippen LogP contribution in [0.5, 0.6) is 5.75 Å². The van der Waals surface area contributed by atoms with Crippen molar-refractivity contribution in [1.29, 1.82) is 0 Å². The molecule has 5 heteroatoms. The third kappa shape index (κ3) is 2.43. The highest BCUT2D eigenvalue weighted by Crippen LogP contribution is 2.65. The van der Waals surface area contributed by atoms with E-state index in [0.29, 0.717) is 5.75 Å². The van der Waals surface area contributed by atoms with Crippen molar-refractivity contribution in [2.24, 2.45) is 0 Å². The Hall–Kier alpha value is -2.94. The summed E-state index contributed by atoms with van der Waals surface area (Å²) in [5.74, 6) is 0.655. The van der Waals surface area contributed by atoms with Crippen LogP contribution in [0, 0.1) is 0 Å². The highest BCUT2D eigenvalue weighted by molar-refractivity contribution is 7.99. The van der Waals surface area contributed by atoms with E-state index in [0.717, 1.165) is 37.6 Å². The minimum absolute atomic E-state index is 0.655. The van der Waals surface area contributed by atoms with Gasteiger partial charge in [0.25, 0.3) is 0 Å². The third-order valence-corrected chi connectivity index (χ3v) is 8.81. The van der Waals surface area contributed by atoms with E-state index in [4.69, 9.17) is 4.52 Å². The molecule has 0 aromatic heterocycles. The fourth-order valence-electron chi connectivity index (χ4n) is 4.02. The first-order valence-corrected chi connectivity index (χ1v) is 11.8. The highest BCUT2D eigenvalue weighted by Gasteiger charge is 2.45. The van der Waals surface area contributed by atoms with Crippen LogP contribution in [0.3, 0.4) is 0 Å². The van der Waals surface area contributed by atoms with E-state index in [1.54, 1.807) is 11.8 Å². The summed E-state index contributed by atoms with van der Waals surface area (Å²) in [5, 5.41) is 0.732. The zero-order chi connectivity index (χ0) is 19.4. The maximum atomic E-state index is 14.8. The van der Waals surface area contributed by atoms with Crippen molar-refractivity contribution >= 4 is 36.0 Å². The van der Waals surface area contributed by atoms with E-state index in [9.17, 15) is 4.57 Å². The van der Waals surface area contributed by atoms with Gasteiger partial charge in [-0.25, -0.2) is 4.57 Å². The van der Waals surface area contributed by atoms with Gasteiger partial charge in [0, 0.05) is 20.9 Å². The van der Waals surface area contributed by atoms with Crippen molar-refractivity contribution in [3.05, 3.63) is 97.1 Å². The van der Waals surface area contributed by atoms with Crippen molar-refractivity contribution in [3.8, 4) is 16.9 Å². The second-order valence-electron chi connectivity index (χ2n) is 6.97. The SMILES string of the molecule is O=P1(N2c3ccccc3Sc3ccccc32)Oc2ccccc2-c2ccccc21. The van der Waals surface area contributed by atoms with E-state index in [-0.39, 0.29) is 0 Å². The highest BCUT2D eigenvalue weighted by atomic mass is 32.2. The summed E-state index contributed by atoms with van der Waals surface area (Å²) in [5.41, 5.74) is 3.76. The van der Waals surface area contributed by atoms with Gasteiger partial charge in [-0.15, -0.1) is 0 Å². The van der Waals surface area contributed by atoms with Gasteiger partial charge in [-0.2, -0.15) is 0 Å². The summed E-state index contributed by atoms with van der Waals surface area (Å²) in [4.78, 5) is 2.14. The molecule has 0 fully saturated rings. The molecule has 0 radical (unpaired) electrons. The number of hydrogen-bond acceptors (Lipinski definition) is 3. The van der Waals surface area contributed by atoms with Gasteiger partial charge in [0.05, 0.1) is 16.7 Å². The summed E-state index contributed by atoms with van der Waals surface area (Å²) in [7, 11) is -3.46. The smallest absolute Gasteiger partial charge is 0.379 e. The van der Waals surface area contributed by atoms with Crippen molar-refractivity contribution < 1.29 is 9.09 Å². The van der Waals surface area contributed by atoms with Crippen molar-refractivity contribution in [1.82, 2.24) is 0 Å². The predicted molar refractivity (Wildman–Crippen MR) is 119 cm³/mol. The van der Waals surface area contributed by atoms with Crippen LogP contribution >= 0.6 is 19.3 Å². The molecule has 0 saturated heterocycles. The number of benzene rings is 4. The van der Waals surface area contributed by atoms with Gasteiger partial charge < -0.3 is 4.52 Å². The molecule has 1 atom stereocenters. The van der Waals surface area contributed by atoms with Crippen LogP contribution in [-0.4, -0.2) is 0 Å². The van der Waals surface area contributed by atoms with E-state index in [1.807, 2.05) is 89.6 Å². The predicted octanol–water partition coefficient (Wildman–Crippen LogP) is 6.87. The Morgan fingerprint density at radius 3 is 1.93 bits per heavy atom. The molecule has 140 valence electrons. The van der Waals surface area contributed by atoms with Crippen molar-refractivity contribution in [2.75, 3.05) is 4.67 Å². The summed E-state index contributed by atoms with van der Waals surface area (Å²) >= 11 is 1.70. The summed E-state index contributed by atoms with van der Waals surface area (Å²) in [6, 6.07) is 31.9. The van der Waals surface area contributed by atoms with Crippen molar-refractivity contribution in [2.45, 2.75) is 9.79 Å². The van der Waals surface area contributed by atoms with E-state index in [2.05, 4.69) is 12.1 Å². The molecule has 4 aromatic carbocycles. The average Bonchev–Trinajstić information content (AvgIpc) is 2.77. The monoisotopic (exact) mass is 413 g/mol. The average molecular weight is 413 g/mol. The van der Waals surface area contributed by atoms with Crippen LogP contribution < -0.4 is 14.5 Å². The molecule has 29 heavy (non-hydrogen) atoms. The van der Waals surface area contributed by atoms with E-state index < -0.39 is 7.52 Å². The Morgan fingerprint density at radius 2 is 1.21 bits per heavy atom. The Kier molecular flexibility index (Phi) is 3.67. The topological polar surface area (TPSA) is 29.5 Å². The Bertz CT molecular complexity index is 1270. The lowest BCUT2D eigenvalue weighted by molar-refractivity contribution is 0.491. The standard InChI is InChI=1S/C24H16NO2PS/c26-28(22-14-6-2-10-18(22)17-9-1-5-13-21(17)27-28)25-19-11-3-7-15-23(19)29-24-16-8-4-12-20(24)25/h1-16H. The molecule has 0 bridgehead atoms. The number of para-hydroxylation sites is 3. The number of rotatable bonds is 1. The zero-order valence-electron chi connectivity index (χ0n) is 15.4.